The molecule has 112 valence electrons. The topological polar surface area (TPSA) is 29.5 Å². The molecule has 2 rings (SSSR count). The quantitative estimate of drug-likeness (QED) is 0.852. The van der Waals surface area contributed by atoms with Crippen molar-refractivity contribution in [1.82, 2.24) is 0 Å². The molecule has 6 heteroatoms. The lowest BCUT2D eigenvalue weighted by atomic mass is 10.0. The van der Waals surface area contributed by atoms with E-state index in [0.717, 1.165) is 0 Å². The van der Waals surface area contributed by atoms with E-state index in [1.807, 2.05) is 0 Å². The summed E-state index contributed by atoms with van der Waals surface area (Å²) in [7, 11) is 0. The van der Waals surface area contributed by atoms with Gasteiger partial charge in [0.05, 0.1) is 10.6 Å². The standard InChI is InChI=1S/C15H12BrF3O2/c16-14-10(2-1-3-12(14)17)8-13(20)9-4-6-11(7-5-9)21-15(18)19/h1-7,13,15,20H,8H2. The Bertz CT molecular complexity index is 602. The smallest absolute Gasteiger partial charge is 0.387 e. The molecule has 0 fully saturated rings. The van der Waals surface area contributed by atoms with E-state index in [4.69, 9.17) is 0 Å². The molecule has 0 aromatic heterocycles. The summed E-state index contributed by atoms with van der Waals surface area (Å²) in [5, 5.41) is 10.1. The minimum atomic E-state index is -2.89. The largest absolute Gasteiger partial charge is 0.435 e. The highest BCUT2D eigenvalue weighted by Gasteiger charge is 2.13. The van der Waals surface area contributed by atoms with Crippen molar-refractivity contribution in [3.05, 3.63) is 63.9 Å². The Hall–Kier alpha value is -1.53. The van der Waals surface area contributed by atoms with Gasteiger partial charge in [-0.1, -0.05) is 24.3 Å². The third-order valence-corrected chi connectivity index (χ3v) is 3.82. The van der Waals surface area contributed by atoms with E-state index >= 15 is 0 Å². The second-order valence-electron chi connectivity index (χ2n) is 4.38. The van der Waals surface area contributed by atoms with Gasteiger partial charge in [-0.15, -0.1) is 0 Å². The molecule has 0 heterocycles. The minimum absolute atomic E-state index is 0.0212. The maximum atomic E-state index is 13.4. The van der Waals surface area contributed by atoms with Gasteiger partial charge in [0.1, 0.15) is 11.6 Å². The van der Waals surface area contributed by atoms with Crippen molar-refractivity contribution in [2.75, 3.05) is 0 Å². The van der Waals surface area contributed by atoms with Gasteiger partial charge in [-0.05, 0) is 45.3 Å². The van der Waals surface area contributed by atoms with Gasteiger partial charge in [0.2, 0.25) is 0 Å². The summed E-state index contributed by atoms with van der Waals surface area (Å²) < 4.78 is 42.0. The SMILES string of the molecule is OC(Cc1cccc(F)c1Br)c1ccc(OC(F)F)cc1. The van der Waals surface area contributed by atoms with E-state index in [0.29, 0.717) is 15.6 Å². The highest BCUT2D eigenvalue weighted by atomic mass is 79.9. The molecule has 0 radical (unpaired) electrons. The molecule has 0 bridgehead atoms. The zero-order valence-corrected chi connectivity index (χ0v) is 12.4. The van der Waals surface area contributed by atoms with Crippen LogP contribution in [0.5, 0.6) is 5.75 Å². The Kier molecular flexibility index (Phi) is 5.25. The average Bonchev–Trinajstić information content (AvgIpc) is 2.44. The van der Waals surface area contributed by atoms with Gasteiger partial charge in [-0.3, -0.25) is 0 Å². The molecule has 1 unspecified atom stereocenters. The third kappa shape index (κ3) is 4.22. The number of ether oxygens (including phenoxy) is 1. The van der Waals surface area contributed by atoms with Crippen LogP contribution >= 0.6 is 15.9 Å². The van der Waals surface area contributed by atoms with Crippen LogP contribution in [-0.2, 0) is 6.42 Å². The van der Waals surface area contributed by atoms with Gasteiger partial charge in [-0.25, -0.2) is 4.39 Å². The van der Waals surface area contributed by atoms with Gasteiger partial charge < -0.3 is 9.84 Å². The summed E-state index contributed by atoms with van der Waals surface area (Å²) in [6.07, 6.45) is -0.670. The summed E-state index contributed by atoms with van der Waals surface area (Å²) in [5.74, 6) is -0.381. The van der Waals surface area contributed by atoms with E-state index in [1.165, 1.54) is 30.3 Å². The Morgan fingerprint density at radius 3 is 2.38 bits per heavy atom. The van der Waals surface area contributed by atoms with Crippen LogP contribution in [0.2, 0.25) is 0 Å². The first-order valence-electron chi connectivity index (χ1n) is 6.13. The molecule has 0 aliphatic rings. The van der Waals surface area contributed by atoms with E-state index in [2.05, 4.69) is 20.7 Å². The van der Waals surface area contributed by atoms with Crippen molar-refractivity contribution >= 4 is 15.9 Å². The van der Waals surface area contributed by atoms with Crippen molar-refractivity contribution in [3.63, 3.8) is 0 Å². The highest BCUT2D eigenvalue weighted by molar-refractivity contribution is 9.10. The van der Waals surface area contributed by atoms with E-state index in [1.54, 1.807) is 12.1 Å². The Morgan fingerprint density at radius 1 is 1.10 bits per heavy atom. The Labute approximate surface area is 128 Å². The number of halogens is 4. The second kappa shape index (κ2) is 6.95. The van der Waals surface area contributed by atoms with Crippen LogP contribution in [0.25, 0.3) is 0 Å². The molecular formula is C15H12BrF3O2. The van der Waals surface area contributed by atoms with Gasteiger partial charge in [0, 0.05) is 6.42 Å². The maximum Gasteiger partial charge on any atom is 0.387 e. The number of hydrogen-bond donors (Lipinski definition) is 1. The van der Waals surface area contributed by atoms with Gasteiger partial charge >= 0.3 is 6.61 Å². The highest BCUT2D eigenvalue weighted by Crippen LogP contribution is 2.27. The molecule has 2 aromatic rings. The Balaban J connectivity index is 2.09. The Morgan fingerprint density at radius 2 is 1.76 bits per heavy atom. The first-order valence-corrected chi connectivity index (χ1v) is 6.92. The lowest BCUT2D eigenvalue weighted by Gasteiger charge is -2.13. The molecule has 1 atom stereocenters. The third-order valence-electron chi connectivity index (χ3n) is 2.93. The van der Waals surface area contributed by atoms with Crippen LogP contribution in [0, 0.1) is 5.82 Å². The summed E-state index contributed by atoms with van der Waals surface area (Å²) in [6, 6.07) is 10.3. The number of hydrogen-bond acceptors (Lipinski definition) is 2. The molecule has 0 spiro atoms. The predicted octanol–water partition coefficient (Wildman–Crippen LogP) is 4.47. The molecule has 0 saturated carbocycles. The molecule has 0 aliphatic carbocycles. The number of rotatable bonds is 5. The van der Waals surface area contributed by atoms with E-state index in [-0.39, 0.29) is 12.2 Å². The summed E-state index contributed by atoms with van der Waals surface area (Å²) >= 11 is 3.13. The van der Waals surface area contributed by atoms with Crippen LogP contribution in [-0.4, -0.2) is 11.7 Å². The van der Waals surface area contributed by atoms with Crippen molar-refractivity contribution in [3.8, 4) is 5.75 Å². The normalized spacial score (nSPS) is 12.5. The number of benzene rings is 2. The molecule has 0 saturated heterocycles. The number of aliphatic hydroxyl groups is 1. The molecule has 21 heavy (non-hydrogen) atoms. The monoisotopic (exact) mass is 360 g/mol. The first-order chi connectivity index (χ1) is 9.97. The van der Waals surface area contributed by atoms with Crippen LogP contribution in [0.15, 0.2) is 46.9 Å². The van der Waals surface area contributed by atoms with E-state index < -0.39 is 18.5 Å². The van der Waals surface area contributed by atoms with E-state index in [9.17, 15) is 18.3 Å². The van der Waals surface area contributed by atoms with Gasteiger partial charge in [0.25, 0.3) is 0 Å². The lowest BCUT2D eigenvalue weighted by molar-refractivity contribution is -0.0498. The molecule has 0 aliphatic heterocycles. The molecular weight excluding hydrogens is 349 g/mol. The van der Waals surface area contributed by atoms with Crippen molar-refractivity contribution in [2.45, 2.75) is 19.1 Å². The lowest BCUT2D eigenvalue weighted by Crippen LogP contribution is -2.04. The summed E-state index contributed by atoms with van der Waals surface area (Å²) in [4.78, 5) is 0. The van der Waals surface area contributed by atoms with Crippen molar-refractivity contribution in [1.29, 1.82) is 0 Å². The summed E-state index contributed by atoms with van der Waals surface area (Å²) in [6.45, 7) is -2.89. The van der Waals surface area contributed by atoms with Crippen LogP contribution in [0.1, 0.15) is 17.2 Å². The minimum Gasteiger partial charge on any atom is -0.435 e. The van der Waals surface area contributed by atoms with Crippen molar-refractivity contribution in [2.24, 2.45) is 0 Å². The van der Waals surface area contributed by atoms with Gasteiger partial charge in [0.15, 0.2) is 0 Å². The van der Waals surface area contributed by atoms with Gasteiger partial charge in [-0.2, -0.15) is 8.78 Å². The molecule has 2 aromatic carbocycles. The molecule has 0 amide bonds. The van der Waals surface area contributed by atoms with Crippen molar-refractivity contribution < 1.29 is 23.0 Å². The molecule has 2 nitrogen and oxygen atoms in total. The maximum absolute atomic E-state index is 13.4. The first kappa shape index (κ1) is 15.9. The average molecular weight is 361 g/mol. The van der Waals surface area contributed by atoms with Crippen LogP contribution in [0.4, 0.5) is 13.2 Å². The second-order valence-corrected chi connectivity index (χ2v) is 5.17. The fraction of sp³-hybridized carbons (Fsp3) is 0.200. The number of alkyl halides is 2. The number of aliphatic hydroxyl groups excluding tert-OH is 1. The zero-order chi connectivity index (χ0) is 15.4. The zero-order valence-electron chi connectivity index (χ0n) is 10.8. The predicted molar refractivity (Wildman–Crippen MR) is 75.8 cm³/mol. The fourth-order valence-electron chi connectivity index (χ4n) is 1.90. The fourth-order valence-corrected chi connectivity index (χ4v) is 2.33. The van der Waals surface area contributed by atoms with Crippen LogP contribution in [0.3, 0.4) is 0 Å². The molecule has 1 N–H and O–H groups in total. The van der Waals surface area contributed by atoms with Crippen LogP contribution < -0.4 is 4.74 Å². The summed E-state index contributed by atoms with van der Waals surface area (Å²) in [5.41, 5.74) is 1.16.